The first-order valence-electron chi connectivity index (χ1n) is 9.69. The van der Waals surface area contributed by atoms with Gasteiger partial charge in [-0.15, -0.1) is 0 Å². The summed E-state index contributed by atoms with van der Waals surface area (Å²) in [7, 11) is 0. The van der Waals surface area contributed by atoms with Crippen molar-refractivity contribution in [1.29, 1.82) is 0 Å². The third-order valence-electron chi connectivity index (χ3n) is 4.57. The van der Waals surface area contributed by atoms with Crippen molar-refractivity contribution in [3.63, 3.8) is 0 Å². The Hall–Kier alpha value is -2.57. The van der Waals surface area contributed by atoms with E-state index < -0.39 is 0 Å². The molecule has 1 atom stereocenters. The molecule has 152 valence electrons. The van der Waals surface area contributed by atoms with Gasteiger partial charge < -0.3 is 9.47 Å². The summed E-state index contributed by atoms with van der Waals surface area (Å²) in [5, 5.41) is 0. The lowest BCUT2D eigenvalue weighted by Gasteiger charge is -2.26. The Kier molecular flexibility index (Phi) is 7.12. The summed E-state index contributed by atoms with van der Waals surface area (Å²) in [5.41, 5.74) is 3.24. The van der Waals surface area contributed by atoms with E-state index in [0.717, 1.165) is 10.5 Å². The third-order valence-corrected chi connectivity index (χ3v) is 5.64. The molecule has 0 N–H and O–H groups in total. The highest BCUT2D eigenvalue weighted by Gasteiger charge is 2.34. The molecule has 0 spiro atoms. The number of carbonyl (C=O) groups excluding carboxylic acids is 2. The predicted molar refractivity (Wildman–Crippen MR) is 114 cm³/mol. The van der Waals surface area contributed by atoms with Gasteiger partial charge >= 0.3 is 11.9 Å². The second kappa shape index (κ2) is 9.76. The molecule has 2 aromatic carbocycles. The maximum Gasteiger partial charge on any atom is 0.338 e. The van der Waals surface area contributed by atoms with Gasteiger partial charge in [0, 0.05) is 11.4 Å². The number of esters is 2. The van der Waals surface area contributed by atoms with Crippen molar-refractivity contribution in [1.82, 2.24) is 4.31 Å². The summed E-state index contributed by atoms with van der Waals surface area (Å²) in [5.74, 6) is -0.656. The molecule has 0 bridgehead atoms. The van der Waals surface area contributed by atoms with Gasteiger partial charge in [-0.05, 0) is 62.5 Å². The Balaban J connectivity index is 1.87. The first kappa shape index (κ1) is 21.1. The molecule has 1 unspecified atom stereocenters. The van der Waals surface area contributed by atoms with Crippen molar-refractivity contribution >= 4 is 23.9 Å². The fourth-order valence-electron chi connectivity index (χ4n) is 3.16. The fraction of sp³-hybridized carbons (Fsp3) is 0.304. The van der Waals surface area contributed by atoms with Crippen LogP contribution >= 0.6 is 11.9 Å². The van der Waals surface area contributed by atoms with Crippen LogP contribution in [0.25, 0.3) is 0 Å². The fourth-order valence-corrected chi connectivity index (χ4v) is 4.17. The Morgan fingerprint density at radius 2 is 1.59 bits per heavy atom. The molecule has 3 rings (SSSR count). The highest BCUT2D eigenvalue weighted by atomic mass is 32.2. The number of benzene rings is 2. The van der Waals surface area contributed by atoms with Crippen LogP contribution in [0.2, 0.25) is 0 Å². The topological polar surface area (TPSA) is 55.8 Å². The molecule has 2 aromatic rings. The van der Waals surface area contributed by atoms with E-state index in [9.17, 15) is 9.59 Å². The molecule has 29 heavy (non-hydrogen) atoms. The van der Waals surface area contributed by atoms with Crippen LogP contribution in [0, 0.1) is 6.92 Å². The minimum atomic E-state index is -0.350. The molecular weight excluding hydrogens is 386 g/mol. The maximum atomic E-state index is 12.5. The second-order valence-corrected chi connectivity index (χ2v) is 7.75. The number of carbonyl (C=O) groups is 2. The number of ether oxygens (including phenoxy) is 2. The van der Waals surface area contributed by atoms with Gasteiger partial charge in [-0.2, -0.15) is 0 Å². The lowest BCUT2D eigenvalue weighted by Crippen LogP contribution is -2.22. The second-order valence-electron chi connectivity index (χ2n) is 6.63. The van der Waals surface area contributed by atoms with Crippen LogP contribution in [0.4, 0.5) is 0 Å². The summed E-state index contributed by atoms with van der Waals surface area (Å²) >= 11 is 1.60. The molecule has 0 radical (unpaired) electrons. The zero-order chi connectivity index (χ0) is 20.8. The Labute approximate surface area is 175 Å². The van der Waals surface area contributed by atoms with Crippen molar-refractivity contribution in [3.05, 3.63) is 76.9 Å². The lowest BCUT2D eigenvalue weighted by molar-refractivity contribution is -0.138. The van der Waals surface area contributed by atoms with E-state index in [-0.39, 0.29) is 18.0 Å². The smallest absolute Gasteiger partial charge is 0.338 e. The summed E-state index contributed by atoms with van der Waals surface area (Å²) in [6.07, 6.45) is 1.92. The van der Waals surface area contributed by atoms with E-state index in [4.69, 9.17) is 9.47 Å². The molecule has 0 fully saturated rings. The van der Waals surface area contributed by atoms with E-state index >= 15 is 0 Å². The Morgan fingerprint density at radius 3 is 2.21 bits per heavy atom. The van der Waals surface area contributed by atoms with Gasteiger partial charge in [0.2, 0.25) is 0 Å². The SMILES string of the molecule is CCOC(=O)C1=CCN(Sc2ccc(C)cc2)C1c1ccc(C(=O)OCC)cc1. The molecule has 6 heteroatoms. The lowest BCUT2D eigenvalue weighted by atomic mass is 9.99. The van der Waals surface area contributed by atoms with Gasteiger partial charge in [0.05, 0.1) is 30.4 Å². The van der Waals surface area contributed by atoms with Crippen LogP contribution < -0.4 is 0 Å². The van der Waals surface area contributed by atoms with Crippen LogP contribution in [0.5, 0.6) is 0 Å². The third kappa shape index (κ3) is 5.08. The van der Waals surface area contributed by atoms with Crippen LogP contribution in [0.1, 0.15) is 41.4 Å². The number of rotatable bonds is 7. The van der Waals surface area contributed by atoms with Crippen molar-refractivity contribution in [2.24, 2.45) is 0 Å². The standard InChI is InChI=1S/C23H25NO4S/c1-4-27-22(25)18-10-8-17(9-11-18)21-20(23(26)28-5-2)14-15-24(21)29-19-12-6-16(3)7-13-19/h6-14,21H,4-5,15H2,1-3H3. The van der Waals surface area contributed by atoms with E-state index in [1.54, 1.807) is 37.9 Å². The number of aryl methyl sites for hydroxylation is 1. The van der Waals surface area contributed by atoms with Gasteiger partial charge in [-0.3, -0.25) is 0 Å². The van der Waals surface area contributed by atoms with Gasteiger partial charge in [-0.25, -0.2) is 13.9 Å². The number of hydrogen-bond acceptors (Lipinski definition) is 6. The van der Waals surface area contributed by atoms with Crippen LogP contribution in [0.3, 0.4) is 0 Å². The molecule has 0 saturated carbocycles. The monoisotopic (exact) mass is 411 g/mol. The molecule has 5 nitrogen and oxygen atoms in total. The summed E-state index contributed by atoms with van der Waals surface area (Å²) in [4.78, 5) is 25.6. The van der Waals surface area contributed by atoms with Crippen LogP contribution in [-0.4, -0.2) is 36.0 Å². The minimum Gasteiger partial charge on any atom is -0.463 e. The van der Waals surface area contributed by atoms with Crippen LogP contribution in [-0.2, 0) is 14.3 Å². The minimum absolute atomic E-state index is 0.253. The van der Waals surface area contributed by atoms with Crippen molar-refractivity contribution < 1.29 is 19.1 Å². The normalized spacial score (nSPS) is 16.4. The van der Waals surface area contributed by atoms with Crippen molar-refractivity contribution in [2.75, 3.05) is 19.8 Å². The summed E-state index contributed by atoms with van der Waals surface area (Å²) in [6, 6.07) is 15.3. The predicted octanol–water partition coefficient (Wildman–Crippen LogP) is 4.73. The molecule has 1 heterocycles. The Morgan fingerprint density at radius 1 is 0.966 bits per heavy atom. The molecule has 0 saturated heterocycles. The maximum absolute atomic E-state index is 12.5. The molecule has 0 amide bonds. The molecular formula is C23H25NO4S. The molecule has 0 aliphatic carbocycles. The molecule has 0 aromatic heterocycles. The first-order chi connectivity index (χ1) is 14.0. The van der Waals surface area contributed by atoms with Crippen molar-refractivity contribution in [3.8, 4) is 0 Å². The van der Waals surface area contributed by atoms with E-state index in [2.05, 4.69) is 35.5 Å². The van der Waals surface area contributed by atoms with Gasteiger partial charge in [-0.1, -0.05) is 35.9 Å². The summed E-state index contributed by atoms with van der Waals surface area (Å²) in [6.45, 7) is 6.92. The van der Waals surface area contributed by atoms with E-state index in [0.29, 0.717) is 30.9 Å². The largest absolute Gasteiger partial charge is 0.463 e. The number of nitrogens with zero attached hydrogens (tertiary/aromatic N) is 1. The van der Waals surface area contributed by atoms with E-state index in [1.807, 2.05) is 18.2 Å². The first-order valence-corrected chi connectivity index (χ1v) is 10.5. The Bertz CT molecular complexity index is 890. The van der Waals surface area contributed by atoms with Crippen LogP contribution in [0.15, 0.2) is 65.1 Å². The van der Waals surface area contributed by atoms with Gasteiger partial charge in [0.25, 0.3) is 0 Å². The number of hydrogen-bond donors (Lipinski definition) is 0. The van der Waals surface area contributed by atoms with Gasteiger partial charge in [0.1, 0.15) is 0 Å². The van der Waals surface area contributed by atoms with E-state index in [1.165, 1.54) is 5.56 Å². The van der Waals surface area contributed by atoms with Gasteiger partial charge in [0.15, 0.2) is 0 Å². The average molecular weight is 412 g/mol. The molecule has 1 aliphatic rings. The average Bonchev–Trinajstić information content (AvgIpc) is 3.14. The molecule has 1 aliphatic heterocycles. The highest BCUT2D eigenvalue weighted by Crippen LogP contribution is 2.41. The van der Waals surface area contributed by atoms with Crippen molar-refractivity contribution in [2.45, 2.75) is 31.7 Å². The highest BCUT2D eigenvalue weighted by molar-refractivity contribution is 7.97. The quantitative estimate of drug-likeness (QED) is 0.485. The zero-order valence-corrected chi connectivity index (χ0v) is 17.7. The summed E-state index contributed by atoms with van der Waals surface area (Å²) < 4.78 is 12.5. The zero-order valence-electron chi connectivity index (χ0n) is 16.9.